The number of rotatable bonds is 6. The maximum Gasteiger partial charge on any atom is 0.119 e. The summed E-state index contributed by atoms with van der Waals surface area (Å²) in [5.41, 5.74) is 2.35. The van der Waals surface area contributed by atoms with Gasteiger partial charge in [0, 0.05) is 32.8 Å². The molecule has 0 amide bonds. The largest absolute Gasteiger partial charge is 0.497 e. The molecule has 0 bridgehead atoms. The SMILES string of the molecule is COc1cccc(CNCCc2ccn(C)n2)c1. The number of hydrogen-bond acceptors (Lipinski definition) is 3. The van der Waals surface area contributed by atoms with E-state index in [0.29, 0.717) is 0 Å². The van der Waals surface area contributed by atoms with Gasteiger partial charge in [-0.1, -0.05) is 12.1 Å². The lowest BCUT2D eigenvalue weighted by Crippen LogP contribution is -2.16. The van der Waals surface area contributed by atoms with Gasteiger partial charge in [-0.05, 0) is 23.8 Å². The van der Waals surface area contributed by atoms with Crippen molar-refractivity contribution in [2.45, 2.75) is 13.0 Å². The normalized spacial score (nSPS) is 10.6. The van der Waals surface area contributed by atoms with Crippen molar-refractivity contribution in [3.63, 3.8) is 0 Å². The molecule has 0 aliphatic carbocycles. The molecule has 0 aliphatic rings. The average molecular weight is 245 g/mol. The van der Waals surface area contributed by atoms with Crippen LogP contribution < -0.4 is 10.1 Å². The molecule has 0 atom stereocenters. The van der Waals surface area contributed by atoms with Crippen LogP contribution in [0.3, 0.4) is 0 Å². The Labute approximate surface area is 108 Å². The maximum atomic E-state index is 5.19. The zero-order valence-electron chi connectivity index (χ0n) is 10.9. The van der Waals surface area contributed by atoms with Crippen LogP contribution in [0.5, 0.6) is 5.75 Å². The molecule has 4 heteroatoms. The summed E-state index contributed by atoms with van der Waals surface area (Å²) in [6.07, 6.45) is 2.92. The zero-order valence-corrected chi connectivity index (χ0v) is 10.9. The number of hydrogen-bond donors (Lipinski definition) is 1. The molecule has 0 aliphatic heterocycles. The van der Waals surface area contributed by atoms with Crippen molar-refractivity contribution in [1.29, 1.82) is 0 Å². The first-order chi connectivity index (χ1) is 8.78. The van der Waals surface area contributed by atoms with Crippen LogP contribution in [0.15, 0.2) is 36.5 Å². The number of aromatic nitrogens is 2. The summed E-state index contributed by atoms with van der Waals surface area (Å²) in [4.78, 5) is 0. The first kappa shape index (κ1) is 12.6. The molecule has 0 spiro atoms. The van der Waals surface area contributed by atoms with Crippen LogP contribution in [0, 0.1) is 0 Å². The molecule has 1 aromatic heterocycles. The lowest BCUT2D eigenvalue weighted by atomic mass is 10.2. The van der Waals surface area contributed by atoms with E-state index in [0.717, 1.165) is 31.0 Å². The Morgan fingerprint density at radius 1 is 1.33 bits per heavy atom. The Morgan fingerprint density at radius 3 is 2.94 bits per heavy atom. The minimum atomic E-state index is 0.851. The number of nitrogens with zero attached hydrogens (tertiary/aromatic N) is 2. The minimum absolute atomic E-state index is 0.851. The molecule has 1 N–H and O–H groups in total. The number of nitrogens with one attached hydrogen (secondary N) is 1. The van der Waals surface area contributed by atoms with Crippen LogP contribution in [0.4, 0.5) is 0 Å². The standard InChI is InChI=1S/C14H19N3O/c1-17-9-7-13(16-17)6-8-15-11-12-4-3-5-14(10-12)18-2/h3-5,7,9-10,15H,6,8,11H2,1-2H3. The zero-order chi connectivity index (χ0) is 12.8. The topological polar surface area (TPSA) is 39.1 Å². The van der Waals surface area contributed by atoms with E-state index in [1.807, 2.05) is 42.2 Å². The Hall–Kier alpha value is -1.81. The Kier molecular flexibility index (Phi) is 4.36. The Morgan fingerprint density at radius 2 is 2.22 bits per heavy atom. The second-order valence-electron chi connectivity index (χ2n) is 4.26. The fourth-order valence-electron chi connectivity index (χ4n) is 1.83. The van der Waals surface area contributed by atoms with Crippen molar-refractivity contribution in [1.82, 2.24) is 15.1 Å². The van der Waals surface area contributed by atoms with Crippen molar-refractivity contribution in [2.75, 3.05) is 13.7 Å². The molecule has 0 saturated heterocycles. The number of aryl methyl sites for hydroxylation is 1. The van der Waals surface area contributed by atoms with Gasteiger partial charge in [-0.15, -0.1) is 0 Å². The van der Waals surface area contributed by atoms with E-state index in [4.69, 9.17) is 4.74 Å². The summed E-state index contributed by atoms with van der Waals surface area (Å²) in [5.74, 6) is 0.902. The van der Waals surface area contributed by atoms with Crippen molar-refractivity contribution in [3.05, 3.63) is 47.8 Å². The van der Waals surface area contributed by atoms with Crippen LogP contribution in [-0.2, 0) is 20.0 Å². The fraction of sp³-hybridized carbons (Fsp3) is 0.357. The van der Waals surface area contributed by atoms with E-state index in [1.54, 1.807) is 7.11 Å². The third-order valence-electron chi connectivity index (χ3n) is 2.79. The first-order valence-electron chi connectivity index (χ1n) is 6.10. The first-order valence-corrected chi connectivity index (χ1v) is 6.10. The summed E-state index contributed by atoms with van der Waals surface area (Å²) in [7, 11) is 3.63. The van der Waals surface area contributed by atoms with Gasteiger partial charge in [0.2, 0.25) is 0 Å². The summed E-state index contributed by atoms with van der Waals surface area (Å²) in [6.45, 7) is 1.78. The lowest BCUT2D eigenvalue weighted by Gasteiger charge is -2.05. The Bertz CT molecular complexity index is 493. The summed E-state index contributed by atoms with van der Waals surface area (Å²) in [6, 6.07) is 10.2. The number of ether oxygens (including phenoxy) is 1. The van der Waals surface area contributed by atoms with Crippen LogP contribution in [-0.4, -0.2) is 23.4 Å². The van der Waals surface area contributed by atoms with Crippen molar-refractivity contribution in [3.8, 4) is 5.75 Å². The molecule has 2 rings (SSSR count). The van der Waals surface area contributed by atoms with E-state index in [1.165, 1.54) is 5.56 Å². The smallest absolute Gasteiger partial charge is 0.119 e. The van der Waals surface area contributed by atoms with Crippen molar-refractivity contribution >= 4 is 0 Å². The van der Waals surface area contributed by atoms with Gasteiger partial charge in [0.1, 0.15) is 5.75 Å². The second-order valence-corrected chi connectivity index (χ2v) is 4.26. The molecular formula is C14H19N3O. The fourth-order valence-corrected chi connectivity index (χ4v) is 1.83. The minimum Gasteiger partial charge on any atom is -0.497 e. The molecular weight excluding hydrogens is 226 g/mol. The maximum absolute atomic E-state index is 5.19. The van der Waals surface area contributed by atoms with Gasteiger partial charge >= 0.3 is 0 Å². The molecule has 1 heterocycles. The highest BCUT2D eigenvalue weighted by Gasteiger charge is 1.98. The molecule has 4 nitrogen and oxygen atoms in total. The molecule has 0 unspecified atom stereocenters. The molecule has 96 valence electrons. The van der Waals surface area contributed by atoms with Crippen molar-refractivity contribution in [2.24, 2.45) is 7.05 Å². The number of benzene rings is 1. The van der Waals surface area contributed by atoms with E-state index >= 15 is 0 Å². The van der Waals surface area contributed by atoms with E-state index in [2.05, 4.69) is 16.5 Å². The van der Waals surface area contributed by atoms with E-state index in [9.17, 15) is 0 Å². The summed E-state index contributed by atoms with van der Waals surface area (Å²) in [5, 5.41) is 7.75. The molecule has 2 aromatic rings. The van der Waals surface area contributed by atoms with Crippen LogP contribution >= 0.6 is 0 Å². The average Bonchev–Trinajstić information content (AvgIpc) is 2.81. The highest BCUT2D eigenvalue weighted by atomic mass is 16.5. The highest BCUT2D eigenvalue weighted by Crippen LogP contribution is 2.12. The lowest BCUT2D eigenvalue weighted by molar-refractivity contribution is 0.414. The number of methoxy groups -OCH3 is 1. The Balaban J connectivity index is 1.74. The van der Waals surface area contributed by atoms with Gasteiger partial charge in [-0.2, -0.15) is 5.10 Å². The highest BCUT2D eigenvalue weighted by molar-refractivity contribution is 5.28. The van der Waals surface area contributed by atoms with Gasteiger partial charge in [-0.25, -0.2) is 0 Å². The van der Waals surface area contributed by atoms with Gasteiger partial charge in [-0.3, -0.25) is 4.68 Å². The van der Waals surface area contributed by atoms with Gasteiger partial charge < -0.3 is 10.1 Å². The third-order valence-corrected chi connectivity index (χ3v) is 2.79. The third kappa shape index (κ3) is 3.60. The predicted molar refractivity (Wildman–Crippen MR) is 71.6 cm³/mol. The molecule has 18 heavy (non-hydrogen) atoms. The molecule has 0 radical (unpaired) electrons. The van der Waals surface area contributed by atoms with Gasteiger partial charge in [0.15, 0.2) is 0 Å². The molecule has 1 aromatic carbocycles. The van der Waals surface area contributed by atoms with Crippen LogP contribution in [0.2, 0.25) is 0 Å². The van der Waals surface area contributed by atoms with Crippen LogP contribution in [0.1, 0.15) is 11.3 Å². The molecule has 0 saturated carbocycles. The second kappa shape index (κ2) is 6.21. The van der Waals surface area contributed by atoms with Gasteiger partial charge in [0.05, 0.1) is 12.8 Å². The quantitative estimate of drug-likeness (QED) is 0.788. The summed E-state index contributed by atoms with van der Waals surface area (Å²) >= 11 is 0. The van der Waals surface area contributed by atoms with Gasteiger partial charge in [0.25, 0.3) is 0 Å². The summed E-state index contributed by atoms with van der Waals surface area (Å²) < 4.78 is 7.02. The van der Waals surface area contributed by atoms with E-state index < -0.39 is 0 Å². The molecule has 0 fully saturated rings. The monoisotopic (exact) mass is 245 g/mol. The van der Waals surface area contributed by atoms with E-state index in [-0.39, 0.29) is 0 Å². The predicted octanol–water partition coefficient (Wildman–Crippen LogP) is 1.76. The van der Waals surface area contributed by atoms with Crippen LogP contribution in [0.25, 0.3) is 0 Å². The van der Waals surface area contributed by atoms with Crippen molar-refractivity contribution < 1.29 is 4.74 Å².